The molecular formula is C20H22O3. The third-order valence-corrected chi connectivity index (χ3v) is 4.78. The van der Waals surface area contributed by atoms with E-state index in [1.165, 1.54) is 43.2 Å². The molecule has 0 unspecified atom stereocenters. The summed E-state index contributed by atoms with van der Waals surface area (Å²) in [5.74, 6) is 1.01. The van der Waals surface area contributed by atoms with E-state index in [4.69, 9.17) is 9.84 Å². The minimum Gasteiger partial charge on any atom is -0.449 e. The second-order valence-corrected chi connectivity index (χ2v) is 6.22. The van der Waals surface area contributed by atoms with E-state index >= 15 is 0 Å². The number of hydrogen-bond acceptors (Lipinski definition) is 2. The van der Waals surface area contributed by atoms with E-state index in [-0.39, 0.29) is 0 Å². The Balaban J connectivity index is 2.03. The van der Waals surface area contributed by atoms with Crippen LogP contribution in [0.5, 0.6) is 5.75 Å². The Bertz CT molecular complexity index is 700. The molecule has 0 amide bonds. The van der Waals surface area contributed by atoms with Gasteiger partial charge in [0, 0.05) is 0 Å². The zero-order valence-electron chi connectivity index (χ0n) is 13.4. The first-order valence-electron chi connectivity index (χ1n) is 8.26. The predicted molar refractivity (Wildman–Crippen MR) is 91.1 cm³/mol. The predicted octanol–water partition coefficient (Wildman–Crippen LogP) is 5.77. The highest BCUT2D eigenvalue weighted by molar-refractivity contribution is 5.74. The summed E-state index contributed by atoms with van der Waals surface area (Å²) in [7, 11) is 0. The van der Waals surface area contributed by atoms with Crippen molar-refractivity contribution in [1.29, 1.82) is 0 Å². The largest absolute Gasteiger partial charge is 0.511 e. The van der Waals surface area contributed by atoms with Crippen LogP contribution in [0.25, 0.3) is 11.1 Å². The van der Waals surface area contributed by atoms with Gasteiger partial charge in [-0.2, -0.15) is 0 Å². The van der Waals surface area contributed by atoms with Crippen molar-refractivity contribution < 1.29 is 14.6 Å². The van der Waals surface area contributed by atoms with Crippen molar-refractivity contribution in [3.05, 3.63) is 53.6 Å². The number of benzene rings is 2. The molecule has 0 aromatic heterocycles. The lowest BCUT2D eigenvalue weighted by Gasteiger charge is -2.25. The average molecular weight is 310 g/mol. The van der Waals surface area contributed by atoms with Gasteiger partial charge in [-0.25, -0.2) is 4.79 Å². The van der Waals surface area contributed by atoms with E-state index in [1.807, 2.05) is 25.1 Å². The molecule has 3 heteroatoms. The number of carbonyl (C=O) groups is 1. The summed E-state index contributed by atoms with van der Waals surface area (Å²) in [6, 6.07) is 14.1. The molecule has 0 heterocycles. The van der Waals surface area contributed by atoms with Gasteiger partial charge in [0.2, 0.25) is 0 Å². The van der Waals surface area contributed by atoms with E-state index in [0.717, 1.165) is 11.1 Å². The summed E-state index contributed by atoms with van der Waals surface area (Å²) in [6.07, 6.45) is 5.12. The fourth-order valence-electron chi connectivity index (χ4n) is 3.62. The number of rotatable bonds is 3. The fraction of sp³-hybridized carbons (Fsp3) is 0.350. The van der Waals surface area contributed by atoms with Crippen molar-refractivity contribution in [2.45, 2.75) is 44.9 Å². The Kier molecular flexibility index (Phi) is 4.65. The molecule has 1 saturated carbocycles. The second kappa shape index (κ2) is 6.86. The molecule has 3 rings (SSSR count). The molecule has 1 aliphatic rings. The first kappa shape index (κ1) is 15.6. The number of carboxylic acid groups (broad SMARTS) is 1. The maximum atomic E-state index is 10.9. The summed E-state index contributed by atoms with van der Waals surface area (Å²) in [4.78, 5) is 10.9. The highest BCUT2D eigenvalue weighted by Crippen LogP contribution is 2.40. The van der Waals surface area contributed by atoms with Crippen LogP contribution in [0, 0.1) is 6.92 Å². The van der Waals surface area contributed by atoms with Crippen LogP contribution in [0.3, 0.4) is 0 Å². The fourth-order valence-corrected chi connectivity index (χ4v) is 3.62. The highest BCUT2D eigenvalue weighted by atomic mass is 16.7. The minimum atomic E-state index is -1.27. The van der Waals surface area contributed by atoms with Gasteiger partial charge >= 0.3 is 6.16 Å². The number of hydrogen-bond donors (Lipinski definition) is 1. The quantitative estimate of drug-likeness (QED) is 0.578. The van der Waals surface area contributed by atoms with E-state index in [1.54, 1.807) is 6.07 Å². The van der Waals surface area contributed by atoms with Crippen molar-refractivity contribution in [3.8, 4) is 16.9 Å². The molecule has 2 aromatic carbocycles. The Hall–Kier alpha value is -2.29. The normalized spacial score (nSPS) is 15.3. The lowest BCUT2D eigenvalue weighted by atomic mass is 9.80. The molecule has 0 radical (unpaired) electrons. The zero-order chi connectivity index (χ0) is 16.2. The first-order valence-corrected chi connectivity index (χ1v) is 8.26. The summed E-state index contributed by atoms with van der Waals surface area (Å²) in [6.45, 7) is 1.92. The Labute approximate surface area is 136 Å². The van der Waals surface area contributed by atoms with Crippen LogP contribution >= 0.6 is 0 Å². The van der Waals surface area contributed by atoms with Crippen LogP contribution in [0.1, 0.15) is 49.1 Å². The average Bonchev–Trinajstić information content (AvgIpc) is 2.57. The third kappa shape index (κ3) is 3.39. The molecular weight excluding hydrogens is 288 g/mol. The van der Waals surface area contributed by atoms with E-state index < -0.39 is 6.16 Å². The zero-order valence-corrected chi connectivity index (χ0v) is 13.4. The lowest BCUT2D eigenvalue weighted by molar-refractivity contribution is 0.144. The maximum absolute atomic E-state index is 10.9. The molecule has 0 spiro atoms. The number of ether oxygens (including phenoxy) is 1. The molecule has 1 aliphatic carbocycles. The SMILES string of the molecule is Cc1c(OC(=O)O)cccc1-c1ccccc1C1CCCCC1. The second-order valence-electron chi connectivity index (χ2n) is 6.22. The van der Waals surface area contributed by atoms with Gasteiger partial charge in [0.15, 0.2) is 0 Å². The standard InChI is InChI=1S/C20H22O3/c1-14-16(12-7-13-19(14)23-20(21)22)18-11-6-5-10-17(18)15-8-3-2-4-9-15/h5-7,10-13,15H,2-4,8-9H2,1H3,(H,21,22). The van der Waals surface area contributed by atoms with E-state index in [9.17, 15) is 4.79 Å². The Morgan fingerprint density at radius 1 is 1.00 bits per heavy atom. The smallest absolute Gasteiger partial charge is 0.449 e. The van der Waals surface area contributed by atoms with Gasteiger partial charge in [-0.1, -0.05) is 55.7 Å². The van der Waals surface area contributed by atoms with Crippen molar-refractivity contribution in [2.24, 2.45) is 0 Å². The summed E-state index contributed by atoms with van der Waals surface area (Å²) in [5.41, 5.74) is 4.51. The van der Waals surface area contributed by atoms with Crippen molar-refractivity contribution in [3.63, 3.8) is 0 Å². The summed E-state index contributed by atoms with van der Waals surface area (Å²) in [5, 5.41) is 8.89. The Morgan fingerprint density at radius 3 is 2.43 bits per heavy atom. The van der Waals surface area contributed by atoms with Crippen LogP contribution in [-0.2, 0) is 0 Å². The van der Waals surface area contributed by atoms with Gasteiger partial charge < -0.3 is 9.84 Å². The van der Waals surface area contributed by atoms with Gasteiger partial charge in [0.1, 0.15) is 5.75 Å². The molecule has 0 aliphatic heterocycles. The minimum absolute atomic E-state index is 0.411. The summed E-state index contributed by atoms with van der Waals surface area (Å²) < 4.78 is 4.91. The molecule has 2 aromatic rings. The molecule has 120 valence electrons. The third-order valence-electron chi connectivity index (χ3n) is 4.78. The van der Waals surface area contributed by atoms with E-state index in [0.29, 0.717) is 11.7 Å². The molecule has 3 nitrogen and oxygen atoms in total. The van der Waals surface area contributed by atoms with Crippen molar-refractivity contribution >= 4 is 6.16 Å². The molecule has 0 saturated heterocycles. The molecule has 0 atom stereocenters. The van der Waals surface area contributed by atoms with Crippen LogP contribution in [-0.4, -0.2) is 11.3 Å². The van der Waals surface area contributed by atoms with Gasteiger partial charge in [0.25, 0.3) is 0 Å². The van der Waals surface area contributed by atoms with E-state index in [2.05, 4.69) is 18.2 Å². The lowest BCUT2D eigenvalue weighted by Crippen LogP contribution is -2.07. The van der Waals surface area contributed by atoms with Crippen LogP contribution in [0.4, 0.5) is 4.79 Å². The van der Waals surface area contributed by atoms with Gasteiger partial charge in [-0.15, -0.1) is 0 Å². The monoisotopic (exact) mass is 310 g/mol. The van der Waals surface area contributed by atoms with Gasteiger partial charge in [0.05, 0.1) is 0 Å². The van der Waals surface area contributed by atoms with Gasteiger partial charge in [-0.3, -0.25) is 0 Å². The van der Waals surface area contributed by atoms with Crippen molar-refractivity contribution in [2.75, 3.05) is 0 Å². The first-order chi connectivity index (χ1) is 11.2. The molecule has 1 fully saturated rings. The van der Waals surface area contributed by atoms with Crippen LogP contribution < -0.4 is 4.74 Å². The molecule has 0 bridgehead atoms. The molecule has 1 N–H and O–H groups in total. The summed E-state index contributed by atoms with van der Waals surface area (Å²) >= 11 is 0. The Morgan fingerprint density at radius 2 is 1.70 bits per heavy atom. The molecule has 23 heavy (non-hydrogen) atoms. The van der Waals surface area contributed by atoms with Gasteiger partial charge in [-0.05, 0) is 54.0 Å². The topological polar surface area (TPSA) is 46.5 Å². The van der Waals surface area contributed by atoms with Crippen molar-refractivity contribution in [1.82, 2.24) is 0 Å². The van der Waals surface area contributed by atoms with Crippen LogP contribution in [0.15, 0.2) is 42.5 Å². The maximum Gasteiger partial charge on any atom is 0.511 e. The highest BCUT2D eigenvalue weighted by Gasteiger charge is 2.20. The van der Waals surface area contributed by atoms with Crippen LogP contribution in [0.2, 0.25) is 0 Å².